The molecule has 7 nitrogen and oxygen atoms in total. The molecule has 2 heterocycles. The molecule has 0 saturated heterocycles. The van der Waals surface area contributed by atoms with Crippen LogP contribution in [0.4, 0.5) is 5.82 Å². The highest BCUT2D eigenvalue weighted by atomic mass is 16.2. The van der Waals surface area contributed by atoms with E-state index in [9.17, 15) is 14.4 Å². The molecule has 2 aliphatic rings. The highest BCUT2D eigenvalue weighted by Crippen LogP contribution is 2.27. The van der Waals surface area contributed by atoms with Crippen molar-refractivity contribution < 1.29 is 15.8 Å². The Kier molecular flexibility index (Phi) is 4.80. The van der Waals surface area contributed by atoms with E-state index in [0.717, 1.165) is 34.6 Å². The lowest BCUT2D eigenvalue weighted by molar-refractivity contribution is -0.115. The summed E-state index contributed by atoms with van der Waals surface area (Å²) in [6.45, 7) is 1.83. The molecule has 4 rings (SSSR count). The summed E-state index contributed by atoms with van der Waals surface area (Å²) in [5.41, 5.74) is 3.77. The van der Waals surface area contributed by atoms with Gasteiger partial charge in [-0.15, -0.1) is 10.2 Å². The average Bonchev–Trinajstić information content (AvgIpc) is 2.93. The number of anilines is 1. The Hall–Kier alpha value is -3.61. The molecule has 0 bridgehead atoms. The zero-order valence-corrected chi connectivity index (χ0v) is 16.2. The van der Waals surface area contributed by atoms with Crippen molar-refractivity contribution in [3.05, 3.63) is 70.4 Å². The normalized spacial score (nSPS) is 15.4. The highest BCUT2D eigenvalue weighted by Gasteiger charge is 2.35. The molecule has 1 aromatic carbocycles. The van der Waals surface area contributed by atoms with Crippen molar-refractivity contribution in [3.63, 3.8) is 0 Å². The molecule has 0 atom stereocenters. The van der Waals surface area contributed by atoms with E-state index in [-0.39, 0.29) is 25.6 Å². The van der Waals surface area contributed by atoms with E-state index in [1.807, 2.05) is 19.1 Å². The molecule has 0 unspecified atom stereocenters. The largest absolute Gasteiger partial charge is 0.309 e. The predicted octanol–water partition coefficient (Wildman–Crippen LogP) is 3.17. The fourth-order valence-corrected chi connectivity index (χ4v) is 3.58. The SMILES string of the molecule is Cc1cc(CC(=O)Nc2ccc(C3=CCCC=C3)nn2)c2c(c1)C(=O)N(C)C2=O.[HH]. The number of allylic oxidation sites excluding steroid dienone is 4. The molecule has 1 aromatic heterocycles. The first kappa shape index (κ1) is 18.7. The Balaban J connectivity index is 0.00000256. The molecule has 29 heavy (non-hydrogen) atoms. The topological polar surface area (TPSA) is 92.3 Å². The number of nitrogens with zero attached hydrogens (tertiary/aromatic N) is 3. The number of amides is 3. The van der Waals surface area contributed by atoms with Gasteiger partial charge in [-0.25, -0.2) is 0 Å². The monoisotopic (exact) mass is 390 g/mol. The number of rotatable bonds is 4. The Morgan fingerprint density at radius 1 is 1.17 bits per heavy atom. The van der Waals surface area contributed by atoms with Crippen LogP contribution in [0.1, 0.15) is 51.8 Å². The van der Waals surface area contributed by atoms with Crippen LogP contribution in [-0.2, 0) is 11.2 Å². The molecule has 7 heteroatoms. The van der Waals surface area contributed by atoms with Crippen LogP contribution in [-0.4, -0.2) is 39.9 Å². The lowest BCUT2D eigenvalue weighted by atomic mass is 9.97. The minimum atomic E-state index is -0.384. The number of benzene rings is 1. The van der Waals surface area contributed by atoms with Crippen molar-refractivity contribution >= 4 is 29.1 Å². The summed E-state index contributed by atoms with van der Waals surface area (Å²) in [4.78, 5) is 38.2. The van der Waals surface area contributed by atoms with Gasteiger partial charge < -0.3 is 5.32 Å². The summed E-state index contributed by atoms with van der Waals surface area (Å²) in [5, 5.41) is 11.0. The molecule has 1 aliphatic carbocycles. The highest BCUT2D eigenvalue weighted by molar-refractivity contribution is 6.22. The third kappa shape index (κ3) is 3.59. The number of hydrogen-bond donors (Lipinski definition) is 1. The Labute approximate surface area is 169 Å². The molecule has 148 valence electrons. The first-order valence-corrected chi connectivity index (χ1v) is 9.40. The number of fused-ring (bicyclic) bond motifs is 1. The maximum atomic E-state index is 12.5. The van der Waals surface area contributed by atoms with Gasteiger partial charge in [-0.2, -0.15) is 0 Å². The molecule has 0 fully saturated rings. The number of aromatic nitrogens is 2. The zero-order chi connectivity index (χ0) is 20.5. The molecule has 0 spiro atoms. The van der Waals surface area contributed by atoms with E-state index in [1.165, 1.54) is 7.05 Å². The Morgan fingerprint density at radius 2 is 2.00 bits per heavy atom. The van der Waals surface area contributed by atoms with E-state index >= 15 is 0 Å². The smallest absolute Gasteiger partial charge is 0.261 e. The minimum Gasteiger partial charge on any atom is -0.309 e. The van der Waals surface area contributed by atoms with Crippen LogP contribution in [0.5, 0.6) is 0 Å². The number of carbonyl (C=O) groups is 3. The van der Waals surface area contributed by atoms with Gasteiger partial charge in [0.15, 0.2) is 5.82 Å². The Bertz CT molecular complexity index is 1090. The van der Waals surface area contributed by atoms with Crippen molar-refractivity contribution in [1.29, 1.82) is 0 Å². The van der Waals surface area contributed by atoms with Crippen molar-refractivity contribution in [1.82, 2.24) is 15.1 Å². The Morgan fingerprint density at radius 3 is 2.69 bits per heavy atom. The number of aryl methyl sites for hydroxylation is 1. The van der Waals surface area contributed by atoms with Crippen molar-refractivity contribution in [2.45, 2.75) is 26.2 Å². The summed E-state index contributed by atoms with van der Waals surface area (Å²) in [6.07, 6.45) is 8.18. The van der Waals surface area contributed by atoms with Gasteiger partial charge >= 0.3 is 0 Å². The lowest BCUT2D eigenvalue weighted by Crippen LogP contribution is -2.25. The van der Waals surface area contributed by atoms with Crippen LogP contribution >= 0.6 is 0 Å². The molecular formula is C22H22N4O3. The van der Waals surface area contributed by atoms with Crippen LogP contribution in [0, 0.1) is 6.92 Å². The van der Waals surface area contributed by atoms with Gasteiger partial charge in [0.2, 0.25) is 5.91 Å². The lowest BCUT2D eigenvalue weighted by Gasteiger charge is -2.09. The second-order valence-electron chi connectivity index (χ2n) is 7.18. The average molecular weight is 390 g/mol. The predicted molar refractivity (Wildman–Crippen MR) is 110 cm³/mol. The van der Waals surface area contributed by atoms with Gasteiger partial charge in [-0.3, -0.25) is 19.3 Å². The van der Waals surface area contributed by atoms with Gasteiger partial charge in [0, 0.05) is 8.47 Å². The fraction of sp³-hybridized carbons (Fsp3) is 0.227. The van der Waals surface area contributed by atoms with Crippen molar-refractivity contribution in [2.75, 3.05) is 12.4 Å². The summed E-state index contributed by atoms with van der Waals surface area (Å²) >= 11 is 0. The third-order valence-electron chi connectivity index (χ3n) is 4.99. The van der Waals surface area contributed by atoms with Gasteiger partial charge in [0.25, 0.3) is 11.8 Å². The van der Waals surface area contributed by atoms with Crippen molar-refractivity contribution in [2.24, 2.45) is 0 Å². The van der Waals surface area contributed by atoms with Gasteiger partial charge in [0.05, 0.1) is 23.2 Å². The van der Waals surface area contributed by atoms with E-state index < -0.39 is 0 Å². The molecule has 1 N–H and O–H groups in total. The summed E-state index contributed by atoms with van der Waals surface area (Å²) < 4.78 is 0. The first-order valence-electron chi connectivity index (χ1n) is 9.40. The third-order valence-corrected chi connectivity index (χ3v) is 4.99. The molecule has 0 saturated carbocycles. The quantitative estimate of drug-likeness (QED) is 0.810. The number of carbonyl (C=O) groups excluding carboxylic acids is 3. The molecule has 3 amide bonds. The summed E-state index contributed by atoms with van der Waals surface area (Å²) in [7, 11) is 1.44. The number of hydrogen-bond acceptors (Lipinski definition) is 5. The van der Waals surface area contributed by atoms with Gasteiger partial charge in [0.1, 0.15) is 0 Å². The molecule has 1 aliphatic heterocycles. The van der Waals surface area contributed by atoms with Crippen LogP contribution in [0.2, 0.25) is 0 Å². The standard InChI is InChI=1S/C22H20N4O3.H2/c1-13-10-15(20-16(11-13)21(28)26(2)22(20)29)12-19(27)23-18-9-8-17(24-25-18)14-6-4-3-5-7-14;/h4,6-11H,3,5,12H2,1-2H3,(H,23,25,27);1H. The molecule has 0 radical (unpaired) electrons. The van der Waals surface area contributed by atoms with Gasteiger partial charge in [-0.05, 0) is 54.7 Å². The summed E-state index contributed by atoms with van der Waals surface area (Å²) in [5.74, 6) is -0.719. The molecular weight excluding hydrogens is 368 g/mol. The zero-order valence-electron chi connectivity index (χ0n) is 16.2. The maximum Gasteiger partial charge on any atom is 0.261 e. The maximum absolute atomic E-state index is 12.5. The minimum absolute atomic E-state index is 0. The van der Waals surface area contributed by atoms with Crippen molar-refractivity contribution in [3.8, 4) is 0 Å². The fourth-order valence-electron chi connectivity index (χ4n) is 3.58. The van der Waals surface area contributed by atoms with E-state index in [0.29, 0.717) is 22.5 Å². The van der Waals surface area contributed by atoms with E-state index in [2.05, 4.69) is 27.7 Å². The number of imide groups is 1. The first-order chi connectivity index (χ1) is 13.9. The summed E-state index contributed by atoms with van der Waals surface area (Å²) in [6, 6.07) is 6.96. The van der Waals surface area contributed by atoms with Crippen LogP contribution in [0.25, 0.3) is 5.57 Å². The van der Waals surface area contributed by atoms with Crippen LogP contribution in [0.3, 0.4) is 0 Å². The van der Waals surface area contributed by atoms with E-state index in [4.69, 9.17) is 0 Å². The number of nitrogens with one attached hydrogen (secondary N) is 1. The van der Waals surface area contributed by atoms with Crippen LogP contribution < -0.4 is 5.32 Å². The van der Waals surface area contributed by atoms with E-state index in [1.54, 1.807) is 18.2 Å². The van der Waals surface area contributed by atoms with Gasteiger partial charge in [-0.1, -0.05) is 24.3 Å². The molecule has 2 aromatic rings. The second-order valence-corrected chi connectivity index (χ2v) is 7.18. The second kappa shape index (κ2) is 7.43. The van der Waals surface area contributed by atoms with Crippen LogP contribution in [0.15, 0.2) is 42.5 Å².